The second-order valence-corrected chi connectivity index (χ2v) is 2.78. The Labute approximate surface area is 109 Å². The maximum absolute atomic E-state index is 12.2. The van der Waals surface area contributed by atoms with Gasteiger partial charge >= 0.3 is 43.9 Å². The van der Waals surface area contributed by atoms with Crippen molar-refractivity contribution in [3.05, 3.63) is 36.1 Å². The first-order valence-corrected chi connectivity index (χ1v) is 4.04. The maximum Gasteiger partial charge on any atom is 1.00 e. The predicted molar refractivity (Wildman–Crippen MR) is 41.5 cm³/mol. The zero-order valence-corrected chi connectivity index (χ0v) is 8.80. The van der Waals surface area contributed by atoms with Crippen LogP contribution in [0.25, 0.3) is 0 Å². The third kappa shape index (κ3) is 4.38. The molecule has 0 amide bonds. The first-order chi connectivity index (χ1) is 5.55. The quantitative estimate of drug-likeness (QED) is 0.274. The third-order valence-electron chi connectivity index (χ3n) is 1.26. The molecule has 0 unspecified atom stereocenters. The van der Waals surface area contributed by atoms with E-state index in [0.29, 0.717) is 0 Å². The van der Waals surface area contributed by atoms with Gasteiger partial charge in [0.05, 0.1) is 0 Å². The van der Waals surface area contributed by atoms with Gasteiger partial charge in [0.25, 0.3) is 0 Å². The van der Waals surface area contributed by atoms with E-state index in [1.165, 1.54) is 18.2 Å². The fourth-order valence-electron chi connectivity index (χ4n) is 0.763. The molecule has 0 fully saturated rings. The number of hydrogen-bond donors (Lipinski definition) is 0. The van der Waals surface area contributed by atoms with Crippen LogP contribution in [0.15, 0.2) is 23.1 Å². The van der Waals surface area contributed by atoms with E-state index >= 15 is 0 Å². The van der Waals surface area contributed by atoms with Crippen LogP contribution in [0.3, 0.4) is 0 Å². The van der Waals surface area contributed by atoms with Crippen molar-refractivity contribution in [2.24, 2.45) is 0 Å². The van der Waals surface area contributed by atoms with E-state index in [9.17, 15) is 13.2 Å². The molecule has 0 nitrogen and oxygen atoms in total. The Morgan fingerprint density at radius 1 is 1.29 bits per heavy atom. The second-order valence-electron chi connectivity index (χ2n) is 2.05. The molecule has 0 bridgehead atoms. The predicted octanol–water partition coefficient (Wildman–Crippen LogP) is -2.60. The van der Waals surface area contributed by atoms with Crippen LogP contribution in [0.5, 0.6) is 0 Å². The van der Waals surface area contributed by atoms with Crippen molar-refractivity contribution >= 4 is 11.8 Å². The average molecular weight is 204 g/mol. The monoisotopic (exact) mass is 204 g/mol. The van der Waals surface area contributed by atoms with Crippen LogP contribution in [-0.4, -0.2) is 0 Å². The van der Waals surface area contributed by atoms with E-state index in [1.807, 2.05) is 0 Å². The van der Waals surface area contributed by atoms with Crippen molar-refractivity contribution in [1.29, 1.82) is 0 Å². The SMILES string of the molecule is [CH2-]Sc1ccc[c-]c1C(F)(F)F.[Li+].[Li+]. The molecule has 0 N–H and O–H groups in total. The molecule has 1 aromatic rings. The zero-order valence-electron chi connectivity index (χ0n) is 7.98. The Bertz CT molecular complexity index is 276. The van der Waals surface area contributed by atoms with Crippen molar-refractivity contribution in [3.8, 4) is 0 Å². The largest absolute Gasteiger partial charge is 1.00 e. The minimum Gasteiger partial charge on any atom is -0.389 e. The van der Waals surface area contributed by atoms with Crippen molar-refractivity contribution in [2.45, 2.75) is 11.1 Å². The molecule has 0 saturated heterocycles. The number of halogens is 3. The molecule has 0 saturated carbocycles. The molecule has 0 aliphatic heterocycles. The summed E-state index contributed by atoms with van der Waals surface area (Å²) < 4.78 is 36.5. The zero-order chi connectivity index (χ0) is 9.19. The Balaban J connectivity index is 0. The van der Waals surface area contributed by atoms with E-state index in [1.54, 1.807) is 0 Å². The summed E-state index contributed by atoms with van der Waals surface area (Å²) in [6.45, 7) is 0. The van der Waals surface area contributed by atoms with Gasteiger partial charge < -0.3 is 11.8 Å². The number of benzene rings is 1. The topological polar surface area (TPSA) is 0 Å². The van der Waals surface area contributed by atoms with Crippen LogP contribution in [0.1, 0.15) is 5.56 Å². The summed E-state index contributed by atoms with van der Waals surface area (Å²) in [5.41, 5.74) is -0.745. The van der Waals surface area contributed by atoms with E-state index in [2.05, 4.69) is 12.3 Å². The van der Waals surface area contributed by atoms with Crippen molar-refractivity contribution in [2.75, 3.05) is 0 Å². The van der Waals surface area contributed by atoms with Crippen LogP contribution in [-0.2, 0) is 6.18 Å². The molecule has 14 heavy (non-hydrogen) atoms. The van der Waals surface area contributed by atoms with Crippen molar-refractivity contribution in [1.82, 2.24) is 0 Å². The minimum atomic E-state index is -4.33. The Morgan fingerprint density at radius 3 is 2.21 bits per heavy atom. The molecule has 6 heteroatoms. The fraction of sp³-hybridized carbons (Fsp3) is 0.125. The van der Waals surface area contributed by atoms with Gasteiger partial charge in [-0.05, 0) is 5.56 Å². The van der Waals surface area contributed by atoms with Gasteiger partial charge in [0.1, 0.15) is 0 Å². The molecule has 0 aliphatic rings. The standard InChI is InChI=1S/C8H5F3S.2Li/c1-12-7-5-3-2-4-6(7)8(9,10)11;;/h2-3,5H,1H2;;/q-2;2*+1. The van der Waals surface area contributed by atoms with Gasteiger partial charge in [-0.1, -0.05) is 0 Å². The number of rotatable bonds is 1. The smallest absolute Gasteiger partial charge is 0.389 e. The van der Waals surface area contributed by atoms with Crippen LogP contribution in [0.2, 0.25) is 0 Å². The maximum atomic E-state index is 12.2. The minimum absolute atomic E-state index is 0. The van der Waals surface area contributed by atoms with Crippen LogP contribution in [0.4, 0.5) is 13.2 Å². The Kier molecular flexibility index (Phi) is 8.40. The summed E-state index contributed by atoms with van der Waals surface area (Å²) in [6.07, 6.45) is -1.01. The summed E-state index contributed by atoms with van der Waals surface area (Å²) in [5, 5.41) is 0. The molecule has 0 heterocycles. The van der Waals surface area contributed by atoms with Crippen molar-refractivity contribution < 1.29 is 50.9 Å². The van der Waals surface area contributed by atoms with Crippen LogP contribution >= 0.6 is 11.8 Å². The second kappa shape index (κ2) is 6.93. The van der Waals surface area contributed by atoms with Crippen molar-refractivity contribution in [3.63, 3.8) is 0 Å². The molecule has 1 rings (SSSR count). The summed E-state index contributed by atoms with van der Waals surface area (Å²) >= 11 is 0.821. The number of hydrogen-bond acceptors (Lipinski definition) is 1. The summed E-state index contributed by atoms with van der Waals surface area (Å²) in [6, 6.07) is 6.26. The van der Waals surface area contributed by atoms with E-state index < -0.39 is 11.7 Å². The molecule has 0 atom stereocenters. The van der Waals surface area contributed by atoms with Gasteiger partial charge in [-0.25, -0.2) is 0 Å². The molecule has 0 aromatic heterocycles. The molecular formula is C8H5F3Li2S. The fourth-order valence-corrected chi connectivity index (χ4v) is 1.26. The van der Waals surface area contributed by atoms with E-state index in [0.717, 1.165) is 11.8 Å². The van der Waals surface area contributed by atoms with Crippen LogP contribution < -0.4 is 37.7 Å². The van der Waals surface area contributed by atoms with E-state index in [-0.39, 0.29) is 42.6 Å². The van der Waals surface area contributed by atoms with Gasteiger partial charge in [0.15, 0.2) is 0 Å². The number of thioether (sulfide) groups is 1. The molecule has 0 aliphatic carbocycles. The van der Waals surface area contributed by atoms with E-state index in [4.69, 9.17) is 0 Å². The molecular weight excluding hydrogens is 199 g/mol. The average Bonchev–Trinajstić information content (AvgIpc) is 2.03. The summed E-state index contributed by atoms with van der Waals surface area (Å²) in [4.78, 5) is 0.102. The molecule has 0 spiro atoms. The normalized spacial score (nSPS) is 10.0. The Hall–Kier alpha value is 0.555. The third-order valence-corrected chi connectivity index (χ3v) is 1.91. The first kappa shape index (κ1) is 17.0. The van der Waals surface area contributed by atoms with Gasteiger partial charge in [-0.15, -0.1) is 4.90 Å². The van der Waals surface area contributed by atoms with Gasteiger partial charge in [0, 0.05) is 0 Å². The van der Waals surface area contributed by atoms with Gasteiger partial charge in [0.2, 0.25) is 0 Å². The number of alkyl halides is 3. The molecule has 1 aromatic carbocycles. The summed E-state index contributed by atoms with van der Waals surface area (Å²) in [7, 11) is 0. The van der Waals surface area contributed by atoms with Gasteiger partial charge in [-0.3, -0.25) is 6.26 Å². The Morgan fingerprint density at radius 2 is 1.86 bits per heavy atom. The van der Waals surface area contributed by atoms with Crippen LogP contribution in [0, 0.1) is 12.3 Å². The molecule has 0 radical (unpaired) electrons. The summed E-state index contributed by atoms with van der Waals surface area (Å²) in [5.74, 6) is 0. The van der Waals surface area contributed by atoms with Gasteiger partial charge in [-0.2, -0.15) is 37.4 Å². The molecule has 66 valence electrons. The first-order valence-electron chi connectivity index (χ1n) is 3.05.